The maximum absolute atomic E-state index is 12.0. The number of hydrogen-bond acceptors (Lipinski definition) is 3. The van der Waals surface area contributed by atoms with E-state index in [2.05, 4.69) is 20.8 Å². The van der Waals surface area contributed by atoms with E-state index >= 15 is 0 Å². The molecule has 2 amide bonds. The van der Waals surface area contributed by atoms with Crippen LogP contribution in [0.4, 0.5) is 0 Å². The number of nitrogens with zero attached hydrogens (tertiary/aromatic N) is 1. The molecule has 3 rings (SSSR count). The van der Waals surface area contributed by atoms with Crippen LogP contribution in [0.5, 0.6) is 0 Å². The highest BCUT2D eigenvalue weighted by Crippen LogP contribution is 2.28. The van der Waals surface area contributed by atoms with E-state index in [1.54, 1.807) is 0 Å². The third kappa shape index (κ3) is 2.62. The first-order valence-corrected chi connectivity index (χ1v) is 6.87. The van der Waals surface area contributed by atoms with Crippen molar-refractivity contribution < 1.29 is 9.59 Å². The van der Waals surface area contributed by atoms with Crippen molar-refractivity contribution in [1.82, 2.24) is 20.8 Å². The van der Waals surface area contributed by atoms with Gasteiger partial charge in [0, 0.05) is 30.3 Å². The van der Waals surface area contributed by atoms with Crippen molar-refractivity contribution in [3.63, 3.8) is 0 Å². The zero-order valence-corrected chi connectivity index (χ0v) is 10.8. The van der Waals surface area contributed by atoms with Crippen molar-refractivity contribution in [2.24, 2.45) is 5.92 Å². The first kappa shape index (κ1) is 12.2. The minimum absolute atomic E-state index is 0.106. The molecule has 1 saturated carbocycles. The Morgan fingerprint density at radius 2 is 2.00 bits per heavy atom. The van der Waals surface area contributed by atoms with E-state index in [0.717, 1.165) is 43.4 Å². The van der Waals surface area contributed by atoms with Crippen LogP contribution in [-0.4, -0.2) is 35.1 Å². The van der Waals surface area contributed by atoms with Gasteiger partial charge in [-0.05, 0) is 32.1 Å². The van der Waals surface area contributed by atoms with Crippen LogP contribution in [0.3, 0.4) is 0 Å². The summed E-state index contributed by atoms with van der Waals surface area (Å²) in [6, 6.07) is 0. The first-order chi connectivity index (χ1) is 9.25. The van der Waals surface area contributed by atoms with Crippen molar-refractivity contribution in [2.45, 2.75) is 32.1 Å². The third-order valence-corrected chi connectivity index (χ3v) is 3.68. The lowest BCUT2D eigenvalue weighted by atomic mass is 10.2. The Labute approximate surface area is 111 Å². The number of aryl methyl sites for hydroxylation is 1. The Bertz CT molecular complexity index is 505. The van der Waals surface area contributed by atoms with Crippen LogP contribution in [-0.2, 0) is 17.6 Å². The molecule has 102 valence electrons. The van der Waals surface area contributed by atoms with Crippen LogP contribution in [0, 0.1) is 5.92 Å². The Hall–Kier alpha value is -1.85. The Kier molecular flexibility index (Phi) is 3.23. The maximum atomic E-state index is 12.0. The molecule has 19 heavy (non-hydrogen) atoms. The lowest BCUT2D eigenvalue weighted by Gasteiger charge is -2.06. The molecule has 0 radical (unpaired) electrons. The largest absolute Gasteiger partial charge is 0.354 e. The van der Waals surface area contributed by atoms with Crippen LogP contribution >= 0.6 is 0 Å². The van der Waals surface area contributed by atoms with Crippen LogP contribution in [0.1, 0.15) is 41.0 Å². The molecule has 3 N–H and O–H groups in total. The fraction of sp³-hybridized carbons (Fsp3) is 0.615. The number of fused-ring (bicyclic) bond motifs is 1. The second kappa shape index (κ2) is 5.03. The number of amides is 2. The summed E-state index contributed by atoms with van der Waals surface area (Å²) in [4.78, 5) is 23.3. The van der Waals surface area contributed by atoms with E-state index < -0.39 is 0 Å². The molecule has 0 saturated heterocycles. The molecule has 0 aromatic carbocycles. The number of rotatable bonds is 5. The van der Waals surface area contributed by atoms with E-state index in [9.17, 15) is 9.59 Å². The highest BCUT2D eigenvalue weighted by atomic mass is 16.2. The van der Waals surface area contributed by atoms with Gasteiger partial charge in [0.2, 0.25) is 5.91 Å². The van der Waals surface area contributed by atoms with Crippen molar-refractivity contribution in [2.75, 3.05) is 13.1 Å². The van der Waals surface area contributed by atoms with Crippen molar-refractivity contribution in [3.8, 4) is 0 Å². The van der Waals surface area contributed by atoms with E-state index in [4.69, 9.17) is 0 Å². The molecular formula is C13H18N4O2. The van der Waals surface area contributed by atoms with E-state index in [0.29, 0.717) is 18.8 Å². The third-order valence-electron chi connectivity index (χ3n) is 3.68. The molecule has 0 unspecified atom stereocenters. The van der Waals surface area contributed by atoms with Crippen molar-refractivity contribution in [3.05, 3.63) is 17.0 Å². The van der Waals surface area contributed by atoms with Gasteiger partial charge < -0.3 is 10.6 Å². The number of H-pyrrole nitrogens is 1. The summed E-state index contributed by atoms with van der Waals surface area (Å²) < 4.78 is 0. The van der Waals surface area contributed by atoms with E-state index in [-0.39, 0.29) is 17.7 Å². The molecular weight excluding hydrogens is 244 g/mol. The Morgan fingerprint density at radius 3 is 2.79 bits per heavy atom. The summed E-state index contributed by atoms with van der Waals surface area (Å²) in [7, 11) is 0. The number of aromatic nitrogens is 2. The Morgan fingerprint density at radius 1 is 1.21 bits per heavy atom. The van der Waals surface area contributed by atoms with Gasteiger partial charge in [-0.2, -0.15) is 5.10 Å². The minimum atomic E-state index is -0.153. The summed E-state index contributed by atoms with van der Waals surface area (Å²) in [6.07, 6.45) is 4.98. The molecule has 1 aromatic rings. The van der Waals surface area contributed by atoms with Gasteiger partial charge in [-0.1, -0.05) is 0 Å². The van der Waals surface area contributed by atoms with Crippen molar-refractivity contribution in [1.29, 1.82) is 0 Å². The van der Waals surface area contributed by atoms with Crippen LogP contribution < -0.4 is 10.6 Å². The van der Waals surface area contributed by atoms with Gasteiger partial charge in [-0.15, -0.1) is 0 Å². The summed E-state index contributed by atoms with van der Waals surface area (Å²) >= 11 is 0. The van der Waals surface area contributed by atoms with Gasteiger partial charge in [-0.25, -0.2) is 0 Å². The number of carbonyl (C=O) groups is 2. The molecule has 6 heteroatoms. The molecule has 2 aliphatic rings. The van der Waals surface area contributed by atoms with Gasteiger partial charge in [0.1, 0.15) is 0 Å². The molecule has 0 atom stereocenters. The second-order valence-corrected chi connectivity index (χ2v) is 5.20. The summed E-state index contributed by atoms with van der Waals surface area (Å²) in [5, 5.41) is 12.6. The van der Waals surface area contributed by atoms with Gasteiger partial charge in [0.05, 0.1) is 0 Å². The van der Waals surface area contributed by atoms with Crippen LogP contribution in [0.2, 0.25) is 0 Å². The fourth-order valence-corrected chi connectivity index (χ4v) is 2.44. The molecule has 6 nitrogen and oxygen atoms in total. The van der Waals surface area contributed by atoms with E-state index in [1.165, 1.54) is 0 Å². The standard InChI is InChI=1S/C13H18N4O2/c18-12(8-4-5-8)14-6-7-15-13(19)11-9-2-1-3-10(9)16-17-11/h8H,1-7H2,(H,14,18)(H,15,19)(H,16,17). The SMILES string of the molecule is O=C(NCCNC(=O)C1CC1)c1n[nH]c2c1CCC2. The molecule has 0 spiro atoms. The molecule has 1 fully saturated rings. The zero-order valence-electron chi connectivity index (χ0n) is 10.8. The highest BCUT2D eigenvalue weighted by molar-refractivity contribution is 5.94. The minimum Gasteiger partial charge on any atom is -0.354 e. The van der Waals surface area contributed by atoms with Gasteiger partial charge in [0.15, 0.2) is 5.69 Å². The average molecular weight is 262 g/mol. The molecule has 0 aliphatic heterocycles. The zero-order chi connectivity index (χ0) is 13.2. The lowest BCUT2D eigenvalue weighted by molar-refractivity contribution is -0.122. The number of hydrogen-bond donors (Lipinski definition) is 3. The summed E-state index contributed by atoms with van der Waals surface area (Å²) in [5.74, 6) is 0.167. The predicted octanol–water partition coefficient (Wildman–Crippen LogP) is 0.154. The number of nitrogens with one attached hydrogen (secondary N) is 3. The number of aromatic amines is 1. The topological polar surface area (TPSA) is 86.9 Å². The van der Waals surface area contributed by atoms with Gasteiger partial charge in [-0.3, -0.25) is 14.7 Å². The normalized spacial score (nSPS) is 17.1. The quantitative estimate of drug-likeness (QED) is 0.660. The molecule has 1 aromatic heterocycles. The first-order valence-electron chi connectivity index (χ1n) is 6.87. The average Bonchev–Trinajstić information content (AvgIpc) is 3.01. The highest BCUT2D eigenvalue weighted by Gasteiger charge is 2.29. The van der Waals surface area contributed by atoms with Gasteiger partial charge in [0.25, 0.3) is 5.91 Å². The second-order valence-electron chi connectivity index (χ2n) is 5.20. The summed E-state index contributed by atoms with van der Waals surface area (Å²) in [5.41, 5.74) is 2.66. The van der Waals surface area contributed by atoms with Crippen LogP contribution in [0.15, 0.2) is 0 Å². The smallest absolute Gasteiger partial charge is 0.272 e. The lowest BCUT2D eigenvalue weighted by Crippen LogP contribution is -2.35. The van der Waals surface area contributed by atoms with Crippen molar-refractivity contribution >= 4 is 11.8 Å². The van der Waals surface area contributed by atoms with Crippen LogP contribution in [0.25, 0.3) is 0 Å². The maximum Gasteiger partial charge on any atom is 0.272 e. The van der Waals surface area contributed by atoms with E-state index in [1.807, 2.05) is 0 Å². The van der Waals surface area contributed by atoms with Gasteiger partial charge >= 0.3 is 0 Å². The summed E-state index contributed by atoms with van der Waals surface area (Å²) in [6.45, 7) is 0.923. The molecule has 0 bridgehead atoms. The predicted molar refractivity (Wildman–Crippen MR) is 68.7 cm³/mol. The number of carbonyl (C=O) groups excluding carboxylic acids is 2. The Balaban J connectivity index is 1.44. The fourth-order valence-electron chi connectivity index (χ4n) is 2.44. The molecule has 1 heterocycles. The monoisotopic (exact) mass is 262 g/mol. The molecule has 2 aliphatic carbocycles.